The Morgan fingerprint density at radius 2 is 1.93 bits per heavy atom. The van der Waals surface area contributed by atoms with Gasteiger partial charge in [-0.3, -0.25) is 14.8 Å². The van der Waals surface area contributed by atoms with Gasteiger partial charge in [0.1, 0.15) is 11.5 Å². The molecule has 0 radical (unpaired) electrons. The third-order valence-electron chi connectivity index (χ3n) is 4.71. The van der Waals surface area contributed by atoms with Gasteiger partial charge < -0.3 is 10.1 Å². The Morgan fingerprint density at radius 1 is 1.07 bits per heavy atom. The minimum absolute atomic E-state index is 0.211. The number of nitrogens with one attached hydrogen (secondary N) is 1. The van der Waals surface area contributed by atoms with Crippen LogP contribution in [0.3, 0.4) is 0 Å². The van der Waals surface area contributed by atoms with Crippen molar-refractivity contribution in [2.24, 2.45) is 0 Å². The van der Waals surface area contributed by atoms with Gasteiger partial charge in [0, 0.05) is 46.7 Å². The van der Waals surface area contributed by atoms with Crippen LogP contribution in [0.4, 0.5) is 0 Å². The fraction of sp³-hybridized carbons (Fsp3) is 0.0870. The SMILES string of the molecule is Cc1c(Oc2ccnc3cc(Cl)ccc23)cccc1C(=O)NCc1ccncc1Cl. The molecule has 0 saturated heterocycles. The van der Waals surface area contributed by atoms with Crippen molar-refractivity contribution in [3.05, 3.63) is 93.9 Å². The maximum absolute atomic E-state index is 12.8. The Morgan fingerprint density at radius 3 is 2.77 bits per heavy atom. The zero-order valence-electron chi connectivity index (χ0n) is 16.0. The Hall–Kier alpha value is -3.15. The number of amides is 1. The molecule has 5 nitrogen and oxygen atoms in total. The zero-order valence-corrected chi connectivity index (χ0v) is 17.5. The van der Waals surface area contributed by atoms with Crippen LogP contribution in [0.1, 0.15) is 21.5 Å². The summed E-state index contributed by atoms with van der Waals surface area (Å²) in [5, 5.41) is 4.85. The van der Waals surface area contributed by atoms with Crippen LogP contribution < -0.4 is 10.1 Å². The first-order valence-electron chi connectivity index (χ1n) is 9.21. The fourth-order valence-corrected chi connectivity index (χ4v) is 3.44. The number of nitrogens with zero attached hydrogens (tertiary/aromatic N) is 2. The molecule has 0 bridgehead atoms. The number of rotatable bonds is 5. The van der Waals surface area contributed by atoms with Gasteiger partial charge in [0.05, 0.1) is 10.5 Å². The van der Waals surface area contributed by atoms with E-state index in [2.05, 4.69) is 15.3 Å². The molecule has 1 N–H and O–H groups in total. The third kappa shape index (κ3) is 4.22. The molecule has 0 saturated carbocycles. The van der Waals surface area contributed by atoms with Gasteiger partial charge in [-0.1, -0.05) is 29.3 Å². The Balaban J connectivity index is 1.58. The molecule has 7 heteroatoms. The number of ether oxygens (including phenoxy) is 1. The quantitative estimate of drug-likeness (QED) is 0.417. The molecule has 0 fully saturated rings. The molecule has 0 atom stereocenters. The number of carbonyl (C=O) groups is 1. The van der Waals surface area contributed by atoms with Gasteiger partial charge in [-0.25, -0.2) is 0 Å². The van der Waals surface area contributed by atoms with Crippen LogP contribution in [0.5, 0.6) is 11.5 Å². The largest absolute Gasteiger partial charge is 0.456 e. The van der Waals surface area contributed by atoms with Crippen molar-refractivity contribution < 1.29 is 9.53 Å². The van der Waals surface area contributed by atoms with Crippen molar-refractivity contribution >= 4 is 40.0 Å². The lowest BCUT2D eigenvalue weighted by Crippen LogP contribution is -2.23. The molecule has 0 unspecified atom stereocenters. The molecule has 0 aliphatic carbocycles. The molecular weight excluding hydrogens is 421 g/mol. The van der Waals surface area contributed by atoms with E-state index in [9.17, 15) is 4.79 Å². The predicted molar refractivity (Wildman–Crippen MR) is 118 cm³/mol. The number of hydrogen-bond donors (Lipinski definition) is 1. The fourth-order valence-electron chi connectivity index (χ4n) is 3.09. The van der Waals surface area contributed by atoms with Crippen LogP contribution in [0, 0.1) is 6.92 Å². The average molecular weight is 438 g/mol. The number of benzene rings is 2. The molecule has 4 rings (SSSR count). The van der Waals surface area contributed by atoms with Crippen LogP contribution in [0.2, 0.25) is 10.0 Å². The van der Waals surface area contributed by atoms with Gasteiger partial charge in [-0.05, 0) is 55.0 Å². The van der Waals surface area contributed by atoms with Gasteiger partial charge >= 0.3 is 0 Å². The summed E-state index contributed by atoms with van der Waals surface area (Å²) in [7, 11) is 0. The zero-order chi connectivity index (χ0) is 21.1. The van der Waals surface area contributed by atoms with Gasteiger partial charge in [-0.15, -0.1) is 0 Å². The van der Waals surface area contributed by atoms with E-state index in [-0.39, 0.29) is 5.91 Å². The molecule has 0 aliphatic rings. The molecule has 0 spiro atoms. The second-order valence-corrected chi connectivity index (χ2v) is 7.49. The topological polar surface area (TPSA) is 64.1 Å². The molecule has 150 valence electrons. The normalized spacial score (nSPS) is 10.8. The summed E-state index contributed by atoms with van der Waals surface area (Å²) in [6.07, 6.45) is 4.85. The molecule has 2 aromatic carbocycles. The summed E-state index contributed by atoms with van der Waals surface area (Å²) in [5.41, 5.74) is 2.79. The summed E-state index contributed by atoms with van der Waals surface area (Å²) in [4.78, 5) is 21.0. The van der Waals surface area contributed by atoms with Gasteiger partial charge in [0.2, 0.25) is 0 Å². The maximum atomic E-state index is 12.8. The first-order chi connectivity index (χ1) is 14.5. The van der Waals surface area contributed by atoms with E-state index in [1.54, 1.807) is 55.0 Å². The maximum Gasteiger partial charge on any atom is 0.251 e. The minimum Gasteiger partial charge on any atom is -0.456 e. The highest BCUT2D eigenvalue weighted by Crippen LogP contribution is 2.32. The number of hydrogen-bond acceptors (Lipinski definition) is 4. The Labute approximate surface area is 183 Å². The van der Waals surface area contributed by atoms with Crippen LogP contribution in [0.15, 0.2) is 67.1 Å². The van der Waals surface area contributed by atoms with Crippen molar-refractivity contribution in [1.82, 2.24) is 15.3 Å². The average Bonchev–Trinajstić information content (AvgIpc) is 2.74. The second-order valence-electron chi connectivity index (χ2n) is 6.65. The van der Waals surface area contributed by atoms with Crippen molar-refractivity contribution in [2.45, 2.75) is 13.5 Å². The van der Waals surface area contributed by atoms with Gasteiger partial charge in [0.25, 0.3) is 5.91 Å². The smallest absolute Gasteiger partial charge is 0.251 e. The Kier molecular flexibility index (Phi) is 5.84. The standard InChI is InChI=1S/C23H17Cl2N3O2/c1-14-17(23(29)28-12-15-7-9-26-13-19(15)25)3-2-4-21(14)30-22-8-10-27-20-11-16(24)5-6-18(20)22/h2-11,13H,12H2,1H3,(H,28,29). The number of carbonyl (C=O) groups excluding carboxylic acids is 1. The summed E-state index contributed by atoms with van der Waals surface area (Å²) < 4.78 is 6.14. The van der Waals surface area contributed by atoms with Crippen molar-refractivity contribution in [2.75, 3.05) is 0 Å². The summed E-state index contributed by atoms with van der Waals surface area (Å²) in [6, 6.07) is 14.4. The summed E-state index contributed by atoms with van der Waals surface area (Å²) in [6.45, 7) is 2.16. The number of fused-ring (bicyclic) bond motifs is 1. The monoisotopic (exact) mass is 437 g/mol. The van der Waals surface area contributed by atoms with Crippen LogP contribution >= 0.6 is 23.2 Å². The van der Waals surface area contributed by atoms with E-state index in [0.29, 0.717) is 33.7 Å². The lowest BCUT2D eigenvalue weighted by atomic mass is 10.1. The Bertz CT molecular complexity index is 1240. The van der Waals surface area contributed by atoms with Crippen molar-refractivity contribution in [3.8, 4) is 11.5 Å². The molecular formula is C23H17Cl2N3O2. The van der Waals surface area contributed by atoms with E-state index in [0.717, 1.165) is 22.0 Å². The first-order valence-corrected chi connectivity index (χ1v) is 9.97. The van der Waals surface area contributed by atoms with E-state index >= 15 is 0 Å². The van der Waals surface area contributed by atoms with Crippen LogP contribution in [0.25, 0.3) is 10.9 Å². The van der Waals surface area contributed by atoms with E-state index < -0.39 is 0 Å². The number of pyridine rings is 2. The van der Waals surface area contributed by atoms with E-state index in [1.165, 1.54) is 0 Å². The molecule has 1 amide bonds. The third-order valence-corrected chi connectivity index (χ3v) is 5.28. The predicted octanol–water partition coefficient (Wildman–Crippen LogP) is 5.97. The highest BCUT2D eigenvalue weighted by atomic mass is 35.5. The summed E-state index contributed by atoms with van der Waals surface area (Å²) >= 11 is 12.2. The van der Waals surface area contributed by atoms with Crippen LogP contribution in [-0.4, -0.2) is 15.9 Å². The van der Waals surface area contributed by atoms with E-state index in [4.69, 9.17) is 27.9 Å². The second kappa shape index (κ2) is 8.69. The van der Waals surface area contributed by atoms with Gasteiger partial charge in [0.15, 0.2) is 0 Å². The lowest BCUT2D eigenvalue weighted by Gasteiger charge is -2.14. The highest BCUT2D eigenvalue weighted by Gasteiger charge is 2.14. The van der Waals surface area contributed by atoms with Crippen molar-refractivity contribution in [3.63, 3.8) is 0 Å². The first kappa shape index (κ1) is 20.1. The van der Waals surface area contributed by atoms with Gasteiger partial charge in [-0.2, -0.15) is 0 Å². The molecule has 0 aliphatic heterocycles. The molecule has 4 aromatic rings. The van der Waals surface area contributed by atoms with Crippen molar-refractivity contribution in [1.29, 1.82) is 0 Å². The highest BCUT2D eigenvalue weighted by molar-refractivity contribution is 6.31. The lowest BCUT2D eigenvalue weighted by molar-refractivity contribution is 0.0950. The number of halogens is 2. The van der Waals surface area contributed by atoms with Crippen LogP contribution in [-0.2, 0) is 6.54 Å². The molecule has 2 heterocycles. The summed E-state index contributed by atoms with van der Waals surface area (Å²) in [5.74, 6) is 1.02. The molecule has 2 aromatic heterocycles. The molecule has 30 heavy (non-hydrogen) atoms. The van der Waals surface area contributed by atoms with E-state index in [1.807, 2.05) is 19.1 Å². The number of aromatic nitrogens is 2. The minimum atomic E-state index is -0.211.